The highest BCUT2D eigenvalue weighted by Crippen LogP contribution is 2.38. The minimum Gasteiger partial charge on any atom is -0.469 e. The smallest absolute Gasteiger partial charge is 0.313 e. The average molecular weight is 420 g/mol. The van der Waals surface area contributed by atoms with Gasteiger partial charge in [-0.2, -0.15) is 0 Å². The van der Waals surface area contributed by atoms with E-state index < -0.39 is 0 Å². The van der Waals surface area contributed by atoms with Crippen LogP contribution in [0.5, 0.6) is 11.5 Å². The molecule has 5 nitrogen and oxygen atoms in total. The first-order chi connectivity index (χ1) is 15.0. The van der Waals surface area contributed by atoms with Crippen LogP contribution in [0.3, 0.4) is 0 Å². The van der Waals surface area contributed by atoms with Crippen molar-refractivity contribution in [2.45, 2.75) is 44.9 Å². The Kier molecular flexibility index (Phi) is 6.12. The maximum Gasteiger partial charge on any atom is 0.313 e. The summed E-state index contributed by atoms with van der Waals surface area (Å²) in [5.74, 6) is 1.59. The minimum atomic E-state index is -0.248. The number of methoxy groups -OCH3 is 1. The number of esters is 1. The number of aromatic nitrogens is 1. The lowest BCUT2D eigenvalue weighted by molar-refractivity contribution is -0.142. The maximum absolute atomic E-state index is 12.7. The zero-order chi connectivity index (χ0) is 22.0. The van der Waals surface area contributed by atoms with Gasteiger partial charge in [-0.15, -0.1) is 0 Å². The Hall–Kier alpha value is -3.08. The fraction of sp³-hybridized carbons (Fsp3) is 0.385. The topological polar surface area (TPSA) is 57.5 Å². The monoisotopic (exact) mass is 419 g/mol. The van der Waals surface area contributed by atoms with E-state index in [1.165, 1.54) is 32.8 Å². The van der Waals surface area contributed by atoms with E-state index in [1.54, 1.807) is 31.2 Å². The molecular weight excluding hydrogens is 390 g/mol. The van der Waals surface area contributed by atoms with Crippen LogP contribution in [-0.2, 0) is 16.6 Å². The van der Waals surface area contributed by atoms with Crippen LogP contribution in [0, 0.1) is 5.92 Å². The van der Waals surface area contributed by atoms with Crippen LogP contribution in [0.2, 0.25) is 0 Å². The number of fused-ring (bicyclic) bond motifs is 1. The number of aryl methyl sites for hydroxylation is 1. The van der Waals surface area contributed by atoms with E-state index in [-0.39, 0.29) is 17.7 Å². The molecule has 162 valence electrons. The van der Waals surface area contributed by atoms with Gasteiger partial charge in [0, 0.05) is 30.3 Å². The maximum atomic E-state index is 12.7. The first kappa shape index (κ1) is 21.2. The molecule has 1 aliphatic rings. The normalized spacial score (nSPS) is 15.2. The van der Waals surface area contributed by atoms with E-state index >= 15 is 0 Å². The second-order valence-electron chi connectivity index (χ2n) is 8.52. The van der Waals surface area contributed by atoms with Gasteiger partial charge in [0.2, 0.25) is 0 Å². The van der Waals surface area contributed by atoms with E-state index in [1.807, 2.05) is 36.0 Å². The Balaban J connectivity index is 1.62. The molecule has 2 aromatic carbocycles. The average Bonchev–Trinajstić information content (AvgIpc) is 3.40. The van der Waals surface area contributed by atoms with Crippen LogP contribution in [0.4, 0.5) is 0 Å². The SMILES string of the molecule is COC(=O)C(CC1CCCC1)c1cn(C)c2cc(Oc3ccc(C(C)=O)cc3)ccc12. The number of carbonyl (C=O) groups is 2. The van der Waals surface area contributed by atoms with Crippen molar-refractivity contribution in [3.63, 3.8) is 0 Å². The highest BCUT2D eigenvalue weighted by Gasteiger charge is 2.29. The molecule has 1 heterocycles. The number of ether oxygens (including phenoxy) is 2. The molecule has 1 aromatic heterocycles. The van der Waals surface area contributed by atoms with Crippen LogP contribution >= 0.6 is 0 Å². The number of rotatable bonds is 7. The predicted molar refractivity (Wildman–Crippen MR) is 121 cm³/mol. The van der Waals surface area contributed by atoms with Crippen molar-refractivity contribution in [1.82, 2.24) is 4.57 Å². The van der Waals surface area contributed by atoms with Crippen molar-refractivity contribution >= 4 is 22.7 Å². The zero-order valence-electron chi connectivity index (χ0n) is 18.4. The second-order valence-corrected chi connectivity index (χ2v) is 8.52. The second kappa shape index (κ2) is 8.96. The fourth-order valence-electron chi connectivity index (χ4n) is 4.70. The lowest BCUT2D eigenvalue weighted by Gasteiger charge is -2.18. The van der Waals surface area contributed by atoms with Gasteiger partial charge in [-0.3, -0.25) is 9.59 Å². The zero-order valence-corrected chi connectivity index (χ0v) is 18.4. The van der Waals surface area contributed by atoms with Crippen molar-refractivity contribution in [3.8, 4) is 11.5 Å². The molecule has 0 bridgehead atoms. The third-order valence-corrected chi connectivity index (χ3v) is 6.39. The summed E-state index contributed by atoms with van der Waals surface area (Å²) in [6.45, 7) is 1.55. The van der Waals surface area contributed by atoms with E-state index in [0.717, 1.165) is 22.9 Å². The molecule has 4 rings (SSSR count). The molecule has 0 N–H and O–H groups in total. The number of nitrogens with zero attached hydrogens (tertiary/aromatic N) is 1. The van der Waals surface area contributed by atoms with Gasteiger partial charge in [0.15, 0.2) is 5.78 Å². The number of Topliss-reactive ketones (excluding diaryl/α,β-unsaturated/α-hetero) is 1. The van der Waals surface area contributed by atoms with E-state index in [0.29, 0.717) is 23.0 Å². The molecule has 3 aromatic rings. The Morgan fingerprint density at radius 2 is 1.74 bits per heavy atom. The number of hydrogen-bond acceptors (Lipinski definition) is 4. The third-order valence-electron chi connectivity index (χ3n) is 6.39. The van der Waals surface area contributed by atoms with Gasteiger partial charge in [-0.05, 0) is 61.2 Å². The van der Waals surface area contributed by atoms with Crippen LogP contribution in [0.15, 0.2) is 48.7 Å². The molecule has 0 amide bonds. The summed E-state index contributed by atoms with van der Waals surface area (Å²) in [4.78, 5) is 24.1. The number of hydrogen-bond donors (Lipinski definition) is 0. The quantitative estimate of drug-likeness (QED) is 0.348. The first-order valence-corrected chi connectivity index (χ1v) is 10.9. The Bertz CT molecular complexity index is 1090. The summed E-state index contributed by atoms with van der Waals surface area (Å²) >= 11 is 0. The van der Waals surface area contributed by atoms with Gasteiger partial charge >= 0.3 is 5.97 Å². The van der Waals surface area contributed by atoms with E-state index in [4.69, 9.17) is 9.47 Å². The number of benzene rings is 2. The fourth-order valence-corrected chi connectivity index (χ4v) is 4.70. The van der Waals surface area contributed by atoms with Crippen molar-refractivity contribution in [3.05, 3.63) is 59.8 Å². The first-order valence-electron chi connectivity index (χ1n) is 10.9. The van der Waals surface area contributed by atoms with Crippen molar-refractivity contribution < 1.29 is 19.1 Å². The lowest BCUT2D eigenvalue weighted by Crippen LogP contribution is -2.17. The van der Waals surface area contributed by atoms with E-state index in [2.05, 4.69) is 0 Å². The number of ketones is 1. The Morgan fingerprint density at radius 3 is 2.39 bits per heavy atom. The number of carbonyl (C=O) groups excluding carboxylic acids is 2. The molecule has 0 radical (unpaired) electrons. The Morgan fingerprint density at radius 1 is 1.06 bits per heavy atom. The standard InChI is InChI=1S/C26H29NO4/c1-17(28)19-8-10-20(11-9-19)31-21-12-13-22-24(16-27(2)25(22)15-21)23(26(29)30-3)14-18-6-4-5-7-18/h8-13,15-16,18,23H,4-7,14H2,1-3H3. The summed E-state index contributed by atoms with van der Waals surface area (Å²) in [5, 5.41) is 1.05. The summed E-state index contributed by atoms with van der Waals surface area (Å²) in [6, 6.07) is 13.1. The van der Waals surface area contributed by atoms with Gasteiger partial charge in [0.1, 0.15) is 11.5 Å². The van der Waals surface area contributed by atoms with Crippen molar-refractivity contribution in [2.24, 2.45) is 13.0 Å². The molecule has 31 heavy (non-hydrogen) atoms. The van der Waals surface area contributed by atoms with Crippen molar-refractivity contribution in [1.29, 1.82) is 0 Å². The van der Waals surface area contributed by atoms with Gasteiger partial charge in [-0.25, -0.2) is 0 Å². The minimum absolute atomic E-state index is 0.0297. The van der Waals surface area contributed by atoms with Gasteiger partial charge in [0.25, 0.3) is 0 Å². The van der Waals surface area contributed by atoms with Crippen molar-refractivity contribution in [2.75, 3.05) is 7.11 Å². The van der Waals surface area contributed by atoms with Crippen LogP contribution in [0.25, 0.3) is 10.9 Å². The third kappa shape index (κ3) is 4.50. The molecule has 1 unspecified atom stereocenters. The molecule has 0 aliphatic heterocycles. The summed E-state index contributed by atoms with van der Waals surface area (Å²) in [5.41, 5.74) is 2.69. The highest BCUT2D eigenvalue weighted by atomic mass is 16.5. The van der Waals surface area contributed by atoms with Crippen LogP contribution in [-0.4, -0.2) is 23.4 Å². The molecule has 1 saturated carbocycles. The molecule has 0 spiro atoms. The Labute approximate surface area is 183 Å². The highest BCUT2D eigenvalue weighted by molar-refractivity contribution is 5.94. The summed E-state index contributed by atoms with van der Waals surface area (Å²) in [7, 11) is 3.46. The lowest BCUT2D eigenvalue weighted by atomic mass is 9.87. The predicted octanol–water partition coefficient (Wildman–Crippen LogP) is 6.01. The molecule has 5 heteroatoms. The van der Waals surface area contributed by atoms with E-state index in [9.17, 15) is 9.59 Å². The molecule has 0 saturated heterocycles. The van der Waals surface area contributed by atoms with Gasteiger partial charge in [-0.1, -0.05) is 25.7 Å². The molecular formula is C26H29NO4. The van der Waals surface area contributed by atoms with Crippen LogP contribution in [0.1, 0.15) is 60.9 Å². The van der Waals surface area contributed by atoms with Gasteiger partial charge in [0.05, 0.1) is 18.5 Å². The summed E-state index contributed by atoms with van der Waals surface area (Å²) < 4.78 is 13.2. The van der Waals surface area contributed by atoms with Gasteiger partial charge < -0.3 is 14.0 Å². The van der Waals surface area contributed by atoms with Crippen LogP contribution < -0.4 is 4.74 Å². The molecule has 1 atom stereocenters. The molecule has 1 aliphatic carbocycles. The molecule has 1 fully saturated rings. The largest absolute Gasteiger partial charge is 0.469 e. The summed E-state index contributed by atoms with van der Waals surface area (Å²) in [6.07, 6.45) is 7.78.